The van der Waals surface area contributed by atoms with Crippen LogP contribution in [0.25, 0.3) is 0 Å². The van der Waals surface area contributed by atoms with Gasteiger partial charge in [-0.3, -0.25) is 9.89 Å². The highest BCUT2D eigenvalue weighted by Gasteiger charge is 2.13. The normalized spacial score (nSPS) is 16.5. The lowest BCUT2D eigenvalue weighted by Crippen LogP contribution is -2.39. The van der Waals surface area contributed by atoms with Crippen molar-refractivity contribution >= 4 is 15.8 Å². The lowest BCUT2D eigenvalue weighted by Gasteiger charge is -2.27. The average molecular weight is 383 g/mol. The number of benzene rings is 1. The Hall–Kier alpha value is -1.64. The van der Waals surface area contributed by atoms with Crippen LogP contribution in [0.15, 0.2) is 29.3 Å². The molecule has 0 atom stereocenters. The molecule has 7 nitrogen and oxygen atoms in total. The molecular formula is C18H30N4O3S. The Labute approximate surface area is 156 Å². The second-order valence-electron chi connectivity index (χ2n) is 6.25. The van der Waals surface area contributed by atoms with Gasteiger partial charge in [0.1, 0.15) is 0 Å². The van der Waals surface area contributed by atoms with Gasteiger partial charge in [0.05, 0.1) is 19.0 Å². The van der Waals surface area contributed by atoms with Gasteiger partial charge in [0.15, 0.2) is 15.8 Å². The molecule has 0 bridgehead atoms. The number of nitrogens with zero attached hydrogens (tertiary/aromatic N) is 2. The topological polar surface area (TPSA) is 83.0 Å². The van der Waals surface area contributed by atoms with E-state index in [1.165, 1.54) is 11.1 Å². The summed E-state index contributed by atoms with van der Waals surface area (Å²) in [6, 6.07) is 8.35. The number of sulfone groups is 1. The first-order valence-corrected chi connectivity index (χ1v) is 10.9. The first-order valence-electron chi connectivity index (χ1n) is 9.06. The third-order valence-corrected chi connectivity index (χ3v) is 6.14. The van der Waals surface area contributed by atoms with Crippen LogP contribution in [-0.4, -0.2) is 70.7 Å². The molecule has 8 heteroatoms. The summed E-state index contributed by atoms with van der Waals surface area (Å²) in [6.07, 6.45) is 0. The molecule has 0 radical (unpaired) electrons. The summed E-state index contributed by atoms with van der Waals surface area (Å²) in [7, 11) is -1.29. The van der Waals surface area contributed by atoms with Gasteiger partial charge in [0.2, 0.25) is 0 Å². The van der Waals surface area contributed by atoms with Gasteiger partial charge in [0, 0.05) is 45.5 Å². The van der Waals surface area contributed by atoms with E-state index in [0.29, 0.717) is 19.0 Å². The van der Waals surface area contributed by atoms with Crippen LogP contribution in [0.4, 0.5) is 0 Å². The van der Waals surface area contributed by atoms with E-state index in [4.69, 9.17) is 4.74 Å². The monoisotopic (exact) mass is 382 g/mol. The fourth-order valence-electron chi connectivity index (χ4n) is 2.75. The third kappa shape index (κ3) is 6.93. The zero-order chi connectivity index (χ0) is 18.8. The van der Waals surface area contributed by atoms with Crippen molar-refractivity contribution in [2.24, 2.45) is 4.99 Å². The van der Waals surface area contributed by atoms with E-state index in [1.807, 2.05) is 6.07 Å². The van der Waals surface area contributed by atoms with Crippen molar-refractivity contribution in [3.05, 3.63) is 35.4 Å². The van der Waals surface area contributed by atoms with Crippen LogP contribution in [0.5, 0.6) is 0 Å². The largest absolute Gasteiger partial charge is 0.379 e. The van der Waals surface area contributed by atoms with E-state index in [1.54, 1.807) is 14.0 Å². The lowest BCUT2D eigenvalue weighted by atomic mass is 10.1. The maximum absolute atomic E-state index is 11.6. The summed E-state index contributed by atoms with van der Waals surface area (Å²) >= 11 is 0. The molecule has 146 valence electrons. The van der Waals surface area contributed by atoms with Gasteiger partial charge in [0.25, 0.3) is 0 Å². The second kappa shape index (κ2) is 10.5. The average Bonchev–Trinajstić information content (AvgIpc) is 2.66. The second-order valence-corrected chi connectivity index (χ2v) is 8.72. The Bertz CT molecular complexity index is 685. The van der Waals surface area contributed by atoms with Crippen LogP contribution in [0, 0.1) is 0 Å². The molecule has 0 spiro atoms. The Balaban J connectivity index is 1.87. The Kier molecular flexibility index (Phi) is 8.34. The molecule has 1 aliphatic rings. The number of nitrogens with one attached hydrogen (secondary N) is 2. The van der Waals surface area contributed by atoms with Crippen LogP contribution in [-0.2, 0) is 27.7 Å². The molecule has 1 saturated heterocycles. The molecule has 26 heavy (non-hydrogen) atoms. The number of aliphatic imine (C=N–C) groups is 1. The zero-order valence-corrected chi connectivity index (χ0v) is 16.5. The van der Waals surface area contributed by atoms with Gasteiger partial charge in [-0.2, -0.15) is 0 Å². The molecular weight excluding hydrogens is 352 g/mol. The molecule has 2 rings (SSSR count). The summed E-state index contributed by atoms with van der Waals surface area (Å²) in [6.45, 7) is 7.05. The number of hydrogen-bond acceptors (Lipinski definition) is 5. The number of morpholine rings is 1. The summed E-state index contributed by atoms with van der Waals surface area (Å²) in [5.74, 6) is 0.880. The van der Waals surface area contributed by atoms with E-state index >= 15 is 0 Å². The summed E-state index contributed by atoms with van der Waals surface area (Å²) < 4.78 is 28.5. The molecule has 0 saturated carbocycles. The molecule has 1 fully saturated rings. The maximum Gasteiger partial charge on any atom is 0.191 e. The predicted octanol–water partition coefficient (Wildman–Crippen LogP) is 0.619. The molecule has 2 N–H and O–H groups in total. The van der Waals surface area contributed by atoms with Crippen molar-refractivity contribution < 1.29 is 13.2 Å². The molecule has 1 aliphatic heterocycles. The molecule has 0 aromatic heterocycles. The maximum atomic E-state index is 11.6. The minimum atomic E-state index is -2.97. The molecule has 1 aromatic rings. The standard InChI is InChI=1S/C18H30N4O3S/c1-3-26(23,24)13-8-20-18(19-2)21-14-16-6-4-5-7-17(16)15-22-9-11-25-12-10-22/h4-7H,3,8-15H2,1-2H3,(H2,19,20,21). The first-order chi connectivity index (χ1) is 12.5. The van der Waals surface area contributed by atoms with Crippen molar-refractivity contribution in [2.75, 3.05) is 51.4 Å². The SMILES string of the molecule is CCS(=O)(=O)CCNC(=NC)NCc1ccccc1CN1CCOCC1. The highest BCUT2D eigenvalue weighted by molar-refractivity contribution is 7.91. The third-order valence-electron chi connectivity index (χ3n) is 4.43. The Morgan fingerprint density at radius 3 is 2.54 bits per heavy atom. The van der Waals surface area contributed by atoms with E-state index in [-0.39, 0.29) is 11.5 Å². The Morgan fingerprint density at radius 2 is 1.88 bits per heavy atom. The van der Waals surface area contributed by atoms with Crippen molar-refractivity contribution in [1.29, 1.82) is 0 Å². The van der Waals surface area contributed by atoms with E-state index < -0.39 is 9.84 Å². The fourth-order valence-corrected chi connectivity index (χ4v) is 3.45. The van der Waals surface area contributed by atoms with Gasteiger partial charge >= 0.3 is 0 Å². The highest BCUT2D eigenvalue weighted by atomic mass is 32.2. The van der Waals surface area contributed by atoms with Gasteiger partial charge in [-0.05, 0) is 11.1 Å². The number of ether oxygens (including phenoxy) is 1. The minimum Gasteiger partial charge on any atom is -0.379 e. The van der Waals surface area contributed by atoms with E-state index in [0.717, 1.165) is 32.8 Å². The number of hydrogen-bond donors (Lipinski definition) is 2. The van der Waals surface area contributed by atoms with Crippen LogP contribution < -0.4 is 10.6 Å². The molecule has 1 aromatic carbocycles. The first kappa shape index (κ1) is 20.7. The van der Waals surface area contributed by atoms with E-state index in [2.05, 4.69) is 38.7 Å². The minimum absolute atomic E-state index is 0.109. The highest BCUT2D eigenvalue weighted by Crippen LogP contribution is 2.12. The lowest BCUT2D eigenvalue weighted by molar-refractivity contribution is 0.0341. The van der Waals surface area contributed by atoms with Gasteiger partial charge in [-0.25, -0.2) is 8.42 Å². The summed E-state index contributed by atoms with van der Waals surface area (Å²) in [5, 5.41) is 6.33. The molecule has 0 aliphatic carbocycles. The Morgan fingerprint density at radius 1 is 1.19 bits per heavy atom. The fraction of sp³-hybridized carbons (Fsp3) is 0.611. The molecule has 0 amide bonds. The van der Waals surface area contributed by atoms with Crippen molar-refractivity contribution in [1.82, 2.24) is 15.5 Å². The smallest absolute Gasteiger partial charge is 0.191 e. The summed E-state index contributed by atoms with van der Waals surface area (Å²) in [5.41, 5.74) is 2.49. The van der Waals surface area contributed by atoms with Crippen LogP contribution in [0.1, 0.15) is 18.1 Å². The van der Waals surface area contributed by atoms with Crippen LogP contribution in [0.2, 0.25) is 0 Å². The summed E-state index contributed by atoms with van der Waals surface area (Å²) in [4.78, 5) is 6.56. The number of guanidine groups is 1. The zero-order valence-electron chi connectivity index (χ0n) is 15.7. The van der Waals surface area contributed by atoms with Crippen molar-refractivity contribution in [2.45, 2.75) is 20.0 Å². The van der Waals surface area contributed by atoms with Crippen LogP contribution >= 0.6 is 0 Å². The van der Waals surface area contributed by atoms with Gasteiger partial charge < -0.3 is 15.4 Å². The predicted molar refractivity (Wildman–Crippen MR) is 105 cm³/mol. The van der Waals surface area contributed by atoms with Gasteiger partial charge in [-0.15, -0.1) is 0 Å². The molecule has 1 heterocycles. The van der Waals surface area contributed by atoms with E-state index in [9.17, 15) is 8.42 Å². The van der Waals surface area contributed by atoms with Crippen LogP contribution in [0.3, 0.4) is 0 Å². The molecule has 0 unspecified atom stereocenters. The number of rotatable bonds is 8. The van der Waals surface area contributed by atoms with Crippen molar-refractivity contribution in [3.8, 4) is 0 Å². The van der Waals surface area contributed by atoms with Crippen molar-refractivity contribution in [3.63, 3.8) is 0 Å². The van der Waals surface area contributed by atoms with Gasteiger partial charge in [-0.1, -0.05) is 31.2 Å². The quantitative estimate of drug-likeness (QED) is 0.507.